The summed E-state index contributed by atoms with van der Waals surface area (Å²) in [4.78, 5) is 0. The van der Waals surface area contributed by atoms with E-state index in [2.05, 4.69) is 5.32 Å². The van der Waals surface area contributed by atoms with Crippen molar-refractivity contribution in [3.63, 3.8) is 0 Å². The quantitative estimate of drug-likeness (QED) is 0.659. The minimum Gasteiger partial charge on any atom is -0.310 e. The monoisotopic (exact) mass is 219 g/mol. The van der Waals surface area contributed by atoms with Gasteiger partial charge in [0.05, 0.1) is 0 Å². The van der Waals surface area contributed by atoms with Gasteiger partial charge in [-0.3, -0.25) is 0 Å². The predicted molar refractivity (Wildman–Crippen MR) is 66.2 cm³/mol. The molecule has 0 bridgehead atoms. The molecule has 6 atom stereocenters. The molecular formula is C15H25N. The summed E-state index contributed by atoms with van der Waals surface area (Å²) >= 11 is 0. The van der Waals surface area contributed by atoms with E-state index in [4.69, 9.17) is 0 Å². The van der Waals surface area contributed by atoms with E-state index in [1.165, 1.54) is 44.9 Å². The highest BCUT2D eigenvalue weighted by Crippen LogP contribution is 2.53. The van der Waals surface area contributed by atoms with E-state index < -0.39 is 0 Å². The summed E-state index contributed by atoms with van der Waals surface area (Å²) in [7, 11) is 0. The summed E-state index contributed by atoms with van der Waals surface area (Å²) < 4.78 is 0. The van der Waals surface area contributed by atoms with E-state index in [1.54, 1.807) is 12.8 Å². The fourth-order valence-corrected chi connectivity index (χ4v) is 5.63. The first-order chi connectivity index (χ1) is 7.93. The van der Waals surface area contributed by atoms with Crippen LogP contribution >= 0.6 is 0 Å². The van der Waals surface area contributed by atoms with Gasteiger partial charge in [-0.15, -0.1) is 0 Å². The van der Waals surface area contributed by atoms with Crippen LogP contribution in [0.15, 0.2) is 0 Å². The Bertz CT molecular complexity index is 247. The fourth-order valence-electron chi connectivity index (χ4n) is 5.63. The van der Waals surface area contributed by atoms with Crippen molar-refractivity contribution in [1.82, 2.24) is 5.32 Å². The molecule has 1 aliphatic heterocycles. The first-order valence-corrected chi connectivity index (χ1v) is 7.69. The third-order valence-electron chi connectivity index (χ3n) is 6.24. The Labute approximate surface area is 99.4 Å². The molecular weight excluding hydrogens is 194 g/mol. The first kappa shape index (κ1) is 9.94. The second kappa shape index (κ2) is 3.73. The lowest BCUT2D eigenvalue weighted by Crippen LogP contribution is -2.38. The largest absolute Gasteiger partial charge is 0.310 e. The van der Waals surface area contributed by atoms with E-state index in [-0.39, 0.29) is 0 Å². The van der Waals surface area contributed by atoms with Crippen LogP contribution in [0, 0.1) is 23.7 Å². The van der Waals surface area contributed by atoms with Crippen molar-refractivity contribution in [2.45, 2.75) is 69.9 Å². The summed E-state index contributed by atoms with van der Waals surface area (Å²) in [6.45, 7) is 0. The highest BCUT2D eigenvalue weighted by Gasteiger charge is 2.53. The van der Waals surface area contributed by atoms with Gasteiger partial charge < -0.3 is 5.32 Å². The lowest BCUT2D eigenvalue weighted by Gasteiger charge is -2.31. The summed E-state index contributed by atoms with van der Waals surface area (Å²) in [6, 6.07) is 1.87. The molecule has 0 aromatic heterocycles. The maximum Gasteiger partial charge on any atom is 0.0132 e. The van der Waals surface area contributed by atoms with Gasteiger partial charge in [0.15, 0.2) is 0 Å². The second-order valence-electron chi connectivity index (χ2n) is 6.86. The minimum atomic E-state index is 0.923. The van der Waals surface area contributed by atoms with Crippen molar-refractivity contribution in [1.29, 1.82) is 0 Å². The van der Waals surface area contributed by atoms with Gasteiger partial charge >= 0.3 is 0 Å². The molecule has 0 radical (unpaired) electrons. The molecule has 0 amide bonds. The average Bonchev–Trinajstić information content (AvgIpc) is 2.85. The number of nitrogens with one attached hydrogen (secondary N) is 1. The van der Waals surface area contributed by atoms with Crippen molar-refractivity contribution < 1.29 is 0 Å². The van der Waals surface area contributed by atoms with Crippen molar-refractivity contribution in [3.05, 3.63) is 0 Å². The number of hydrogen-bond acceptors (Lipinski definition) is 1. The van der Waals surface area contributed by atoms with Gasteiger partial charge in [-0.1, -0.05) is 32.1 Å². The zero-order chi connectivity index (χ0) is 10.5. The molecule has 1 N–H and O–H groups in total. The van der Waals surface area contributed by atoms with E-state index in [1.807, 2.05) is 0 Å². The van der Waals surface area contributed by atoms with E-state index in [9.17, 15) is 0 Å². The SMILES string of the molecule is C1CCC2C(C1)CC1C3CCCCC3NC21. The van der Waals surface area contributed by atoms with Gasteiger partial charge in [-0.05, 0) is 49.4 Å². The molecule has 0 aromatic carbocycles. The lowest BCUT2D eigenvalue weighted by molar-refractivity contribution is 0.221. The van der Waals surface area contributed by atoms with Crippen molar-refractivity contribution >= 4 is 0 Å². The Balaban J connectivity index is 1.57. The van der Waals surface area contributed by atoms with Gasteiger partial charge in [0, 0.05) is 12.1 Å². The molecule has 1 heteroatoms. The summed E-state index contributed by atoms with van der Waals surface area (Å²) in [5.41, 5.74) is 0. The molecule has 4 aliphatic rings. The van der Waals surface area contributed by atoms with Gasteiger partial charge in [0.2, 0.25) is 0 Å². The number of hydrogen-bond donors (Lipinski definition) is 1. The standard InChI is InChI=1S/C15H25N/c1-2-6-11-10(5-1)9-13-12-7-3-4-8-14(12)16-15(11)13/h10-16H,1-9H2. The minimum absolute atomic E-state index is 0.923. The normalized spacial score (nSPS) is 55.5. The van der Waals surface area contributed by atoms with Gasteiger partial charge in [0.25, 0.3) is 0 Å². The van der Waals surface area contributed by atoms with Gasteiger partial charge in [-0.2, -0.15) is 0 Å². The maximum absolute atomic E-state index is 4.05. The molecule has 1 heterocycles. The van der Waals surface area contributed by atoms with Crippen LogP contribution < -0.4 is 5.32 Å². The number of fused-ring (bicyclic) bond motifs is 5. The molecule has 3 aliphatic carbocycles. The third-order valence-corrected chi connectivity index (χ3v) is 6.24. The highest BCUT2D eigenvalue weighted by atomic mass is 15.0. The maximum atomic E-state index is 4.05. The van der Waals surface area contributed by atoms with Crippen LogP contribution in [0.5, 0.6) is 0 Å². The molecule has 90 valence electrons. The van der Waals surface area contributed by atoms with Crippen LogP contribution in [0.25, 0.3) is 0 Å². The van der Waals surface area contributed by atoms with Crippen LogP contribution in [0.4, 0.5) is 0 Å². The van der Waals surface area contributed by atoms with Crippen LogP contribution in [0.3, 0.4) is 0 Å². The molecule has 16 heavy (non-hydrogen) atoms. The van der Waals surface area contributed by atoms with Gasteiger partial charge in [0.1, 0.15) is 0 Å². The van der Waals surface area contributed by atoms with Crippen molar-refractivity contribution in [3.8, 4) is 0 Å². The molecule has 4 rings (SSSR count). The predicted octanol–water partition coefficient (Wildman–Crippen LogP) is 3.34. The van der Waals surface area contributed by atoms with Crippen LogP contribution in [-0.2, 0) is 0 Å². The molecule has 1 saturated heterocycles. The molecule has 1 nitrogen and oxygen atoms in total. The van der Waals surface area contributed by atoms with Crippen molar-refractivity contribution in [2.75, 3.05) is 0 Å². The Morgan fingerprint density at radius 2 is 1.44 bits per heavy atom. The zero-order valence-electron chi connectivity index (χ0n) is 10.3. The van der Waals surface area contributed by atoms with Gasteiger partial charge in [-0.25, -0.2) is 0 Å². The number of rotatable bonds is 0. The van der Waals surface area contributed by atoms with E-state index in [0.29, 0.717) is 0 Å². The van der Waals surface area contributed by atoms with Crippen molar-refractivity contribution in [2.24, 2.45) is 23.7 Å². The third kappa shape index (κ3) is 1.33. The first-order valence-electron chi connectivity index (χ1n) is 7.69. The lowest BCUT2D eigenvalue weighted by atomic mass is 9.78. The van der Waals surface area contributed by atoms with Crippen LogP contribution in [-0.4, -0.2) is 12.1 Å². The Kier molecular flexibility index (Phi) is 2.32. The topological polar surface area (TPSA) is 12.0 Å². The smallest absolute Gasteiger partial charge is 0.0132 e. The fraction of sp³-hybridized carbons (Fsp3) is 1.00. The highest BCUT2D eigenvalue weighted by molar-refractivity contribution is 5.07. The summed E-state index contributed by atoms with van der Waals surface area (Å²) in [5.74, 6) is 4.34. The summed E-state index contributed by atoms with van der Waals surface area (Å²) in [6.07, 6.45) is 13.7. The molecule has 3 saturated carbocycles. The molecule has 6 unspecified atom stereocenters. The molecule has 0 spiro atoms. The van der Waals surface area contributed by atoms with Crippen LogP contribution in [0.2, 0.25) is 0 Å². The molecule has 4 fully saturated rings. The van der Waals surface area contributed by atoms with E-state index >= 15 is 0 Å². The second-order valence-corrected chi connectivity index (χ2v) is 6.86. The zero-order valence-corrected chi connectivity index (χ0v) is 10.3. The Morgan fingerprint density at radius 3 is 2.38 bits per heavy atom. The average molecular weight is 219 g/mol. The summed E-state index contributed by atoms with van der Waals surface area (Å²) in [5, 5.41) is 4.05. The Morgan fingerprint density at radius 1 is 0.688 bits per heavy atom. The van der Waals surface area contributed by atoms with Crippen LogP contribution in [0.1, 0.15) is 57.8 Å². The molecule has 0 aromatic rings. The Hall–Kier alpha value is -0.0400. The van der Waals surface area contributed by atoms with E-state index in [0.717, 1.165) is 35.8 Å².